The predicted octanol–water partition coefficient (Wildman–Crippen LogP) is 4.31. The van der Waals surface area contributed by atoms with Crippen molar-refractivity contribution in [2.75, 3.05) is 13.1 Å². The second kappa shape index (κ2) is 6.35. The van der Waals surface area contributed by atoms with Crippen LogP contribution in [0, 0.1) is 5.41 Å². The molecule has 1 aromatic carbocycles. The topological polar surface area (TPSA) is 15.3 Å². The van der Waals surface area contributed by atoms with Crippen molar-refractivity contribution in [2.24, 2.45) is 5.41 Å². The molecule has 0 amide bonds. The van der Waals surface area contributed by atoms with Crippen LogP contribution in [0.15, 0.2) is 22.7 Å². The van der Waals surface area contributed by atoms with E-state index >= 15 is 0 Å². The van der Waals surface area contributed by atoms with E-state index in [0.717, 1.165) is 29.1 Å². The highest BCUT2D eigenvalue weighted by Gasteiger charge is 2.34. The van der Waals surface area contributed by atoms with Gasteiger partial charge in [0.1, 0.15) is 0 Å². The van der Waals surface area contributed by atoms with Gasteiger partial charge in [-0.3, -0.25) is 4.90 Å². The molecule has 2 rings (SSSR count). The van der Waals surface area contributed by atoms with Crippen LogP contribution in [-0.4, -0.2) is 30.1 Å². The van der Waals surface area contributed by atoms with Crippen LogP contribution in [0.4, 0.5) is 0 Å². The molecule has 1 aliphatic heterocycles. The van der Waals surface area contributed by atoms with Crippen molar-refractivity contribution >= 4 is 27.5 Å². The Hall–Kier alpha value is -0.0900. The van der Waals surface area contributed by atoms with E-state index in [1.807, 2.05) is 6.07 Å². The lowest BCUT2D eigenvalue weighted by atomic mass is 9.83. The van der Waals surface area contributed by atoms with Gasteiger partial charge in [0.25, 0.3) is 0 Å². The summed E-state index contributed by atoms with van der Waals surface area (Å²) in [6.07, 6.45) is 0. The Bertz CT molecular complexity index is 470. The summed E-state index contributed by atoms with van der Waals surface area (Å²) in [5.41, 5.74) is 1.47. The standard InChI is InChI=1S/C16H24BrClN2/c1-11-9-20(15(8-19-11)16(2,3)4)10-12-5-6-13(17)7-14(12)18/h5-7,11,15,19H,8-10H2,1-4H3. The third-order valence-electron chi connectivity index (χ3n) is 4.00. The molecular formula is C16H24BrClN2. The highest BCUT2D eigenvalue weighted by atomic mass is 79.9. The zero-order valence-corrected chi connectivity index (χ0v) is 15.1. The fourth-order valence-electron chi connectivity index (χ4n) is 2.88. The van der Waals surface area contributed by atoms with Gasteiger partial charge in [0.15, 0.2) is 0 Å². The molecule has 2 nitrogen and oxygen atoms in total. The Balaban J connectivity index is 2.19. The number of benzene rings is 1. The Morgan fingerprint density at radius 1 is 1.40 bits per heavy atom. The molecule has 0 aromatic heterocycles. The molecule has 20 heavy (non-hydrogen) atoms. The second-order valence-electron chi connectivity index (χ2n) is 6.86. The molecule has 1 N–H and O–H groups in total. The van der Waals surface area contributed by atoms with Crippen LogP contribution in [0.25, 0.3) is 0 Å². The van der Waals surface area contributed by atoms with E-state index in [-0.39, 0.29) is 5.41 Å². The van der Waals surface area contributed by atoms with Crippen LogP contribution < -0.4 is 5.32 Å². The number of hydrogen-bond donors (Lipinski definition) is 1. The smallest absolute Gasteiger partial charge is 0.0462 e. The zero-order valence-electron chi connectivity index (χ0n) is 12.7. The summed E-state index contributed by atoms with van der Waals surface area (Å²) < 4.78 is 1.03. The molecule has 0 bridgehead atoms. The quantitative estimate of drug-likeness (QED) is 0.846. The van der Waals surface area contributed by atoms with Gasteiger partial charge in [0.05, 0.1) is 0 Å². The van der Waals surface area contributed by atoms with E-state index in [4.69, 9.17) is 11.6 Å². The molecule has 2 unspecified atom stereocenters. The fourth-order valence-corrected chi connectivity index (χ4v) is 3.62. The van der Waals surface area contributed by atoms with Crippen molar-refractivity contribution in [2.45, 2.75) is 46.3 Å². The third-order valence-corrected chi connectivity index (χ3v) is 4.84. The summed E-state index contributed by atoms with van der Waals surface area (Å²) in [5.74, 6) is 0. The Kier molecular flexibility index (Phi) is 5.17. The number of piperazine rings is 1. The lowest BCUT2D eigenvalue weighted by Gasteiger charge is -2.46. The monoisotopic (exact) mass is 358 g/mol. The Morgan fingerprint density at radius 3 is 2.70 bits per heavy atom. The fraction of sp³-hybridized carbons (Fsp3) is 0.625. The molecule has 1 saturated heterocycles. The first-order valence-electron chi connectivity index (χ1n) is 7.18. The maximum atomic E-state index is 6.37. The molecule has 2 atom stereocenters. The highest BCUT2D eigenvalue weighted by molar-refractivity contribution is 9.10. The van der Waals surface area contributed by atoms with Crippen molar-refractivity contribution in [3.63, 3.8) is 0 Å². The molecule has 0 aliphatic carbocycles. The van der Waals surface area contributed by atoms with Gasteiger partial charge in [0, 0.05) is 41.2 Å². The van der Waals surface area contributed by atoms with Gasteiger partial charge in [-0.15, -0.1) is 0 Å². The van der Waals surface area contributed by atoms with Gasteiger partial charge < -0.3 is 5.32 Å². The minimum atomic E-state index is 0.259. The van der Waals surface area contributed by atoms with Crippen molar-refractivity contribution in [1.29, 1.82) is 0 Å². The molecule has 0 saturated carbocycles. The van der Waals surface area contributed by atoms with Gasteiger partial charge in [-0.1, -0.05) is 54.4 Å². The summed E-state index contributed by atoms with van der Waals surface area (Å²) >= 11 is 9.84. The molecule has 0 spiro atoms. The van der Waals surface area contributed by atoms with Gasteiger partial charge in [-0.25, -0.2) is 0 Å². The predicted molar refractivity (Wildman–Crippen MR) is 90.3 cm³/mol. The molecule has 1 aliphatic rings. The van der Waals surface area contributed by atoms with E-state index in [2.05, 4.69) is 66.0 Å². The number of nitrogens with one attached hydrogen (secondary N) is 1. The molecular weight excluding hydrogens is 336 g/mol. The average Bonchev–Trinajstić information content (AvgIpc) is 2.31. The summed E-state index contributed by atoms with van der Waals surface area (Å²) in [7, 11) is 0. The van der Waals surface area contributed by atoms with Gasteiger partial charge >= 0.3 is 0 Å². The number of rotatable bonds is 2. The molecule has 1 aromatic rings. The molecule has 1 fully saturated rings. The Morgan fingerprint density at radius 2 is 2.10 bits per heavy atom. The summed E-state index contributed by atoms with van der Waals surface area (Å²) in [4.78, 5) is 2.57. The third kappa shape index (κ3) is 3.97. The first-order chi connectivity index (χ1) is 9.27. The van der Waals surface area contributed by atoms with Crippen molar-refractivity contribution in [1.82, 2.24) is 10.2 Å². The van der Waals surface area contributed by atoms with Crippen LogP contribution in [0.3, 0.4) is 0 Å². The summed E-state index contributed by atoms with van der Waals surface area (Å²) in [6, 6.07) is 7.23. The van der Waals surface area contributed by atoms with Crippen LogP contribution in [0.5, 0.6) is 0 Å². The van der Waals surface area contributed by atoms with Crippen LogP contribution in [0.2, 0.25) is 5.02 Å². The Labute approximate surface area is 136 Å². The first-order valence-corrected chi connectivity index (χ1v) is 8.36. The highest BCUT2D eigenvalue weighted by Crippen LogP contribution is 2.30. The van der Waals surface area contributed by atoms with Gasteiger partial charge in [-0.05, 0) is 30.0 Å². The zero-order chi connectivity index (χ0) is 14.9. The van der Waals surface area contributed by atoms with Gasteiger partial charge in [-0.2, -0.15) is 0 Å². The van der Waals surface area contributed by atoms with Crippen molar-refractivity contribution in [3.05, 3.63) is 33.3 Å². The second-order valence-corrected chi connectivity index (χ2v) is 8.18. The lowest BCUT2D eigenvalue weighted by molar-refractivity contribution is 0.0526. The largest absolute Gasteiger partial charge is 0.311 e. The molecule has 0 radical (unpaired) electrons. The number of halogens is 2. The van der Waals surface area contributed by atoms with Crippen molar-refractivity contribution < 1.29 is 0 Å². The van der Waals surface area contributed by atoms with E-state index in [9.17, 15) is 0 Å². The maximum absolute atomic E-state index is 6.37. The van der Waals surface area contributed by atoms with Crippen molar-refractivity contribution in [3.8, 4) is 0 Å². The maximum Gasteiger partial charge on any atom is 0.0462 e. The normalized spacial score (nSPS) is 24.9. The minimum Gasteiger partial charge on any atom is -0.311 e. The van der Waals surface area contributed by atoms with E-state index in [0.29, 0.717) is 12.1 Å². The first kappa shape index (κ1) is 16.3. The lowest BCUT2D eigenvalue weighted by Crippen LogP contribution is -2.59. The van der Waals surface area contributed by atoms with E-state index < -0.39 is 0 Å². The molecule has 4 heteroatoms. The minimum absolute atomic E-state index is 0.259. The molecule has 112 valence electrons. The average molecular weight is 360 g/mol. The van der Waals surface area contributed by atoms with E-state index in [1.165, 1.54) is 5.56 Å². The van der Waals surface area contributed by atoms with Crippen LogP contribution in [0.1, 0.15) is 33.3 Å². The van der Waals surface area contributed by atoms with E-state index in [1.54, 1.807) is 0 Å². The van der Waals surface area contributed by atoms with Gasteiger partial charge in [0.2, 0.25) is 0 Å². The number of nitrogens with zero attached hydrogens (tertiary/aromatic N) is 1. The van der Waals surface area contributed by atoms with Crippen LogP contribution >= 0.6 is 27.5 Å². The summed E-state index contributed by atoms with van der Waals surface area (Å²) in [6.45, 7) is 12.2. The summed E-state index contributed by atoms with van der Waals surface area (Å²) in [5, 5.41) is 4.44. The number of hydrogen-bond acceptors (Lipinski definition) is 2. The van der Waals surface area contributed by atoms with Crippen LogP contribution in [-0.2, 0) is 6.54 Å². The molecule has 1 heterocycles. The SMILES string of the molecule is CC1CN(Cc2ccc(Br)cc2Cl)C(C(C)(C)C)CN1.